The smallest absolute Gasteiger partial charge is 0.0593 e. The molecule has 3 saturated heterocycles. The third-order valence-electron chi connectivity index (χ3n) is 4.09. The van der Waals surface area contributed by atoms with Crippen LogP contribution in [0.1, 0.15) is 13.3 Å². The SMILES string of the molecule is CCC(COCC1CS1)(COCC1CS1)COCC1CS1. The highest BCUT2D eigenvalue weighted by atomic mass is 32.2. The van der Waals surface area contributed by atoms with E-state index in [1.807, 2.05) is 35.3 Å². The Bertz CT molecular complexity index is 272. The Kier molecular flexibility index (Phi) is 6.51. The second kappa shape index (κ2) is 8.15. The molecule has 3 heterocycles. The molecule has 0 N–H and O–H groups in total. The zero-order valence-electron chi connectivity index (χ0n) is 12.8. The summed E-state index contributed by atoms with van der Waals surface area (Å²) in [6.07, 6.45) is 1.06. The van der Waals surface area contributed by atoms with E-state index < -0.39 is 0 Å². The predicted molar refractivity (Wildman–Crippen MR) is 93.9 cm³/mol. The van der Waals surface area contributed by atoms with E-state index in [1.165, 1.54) is 17.3 Å². The summed E-state index contributed by atoms with van der Waals surface area (Å²) in [5, 5.41) is 2.23. The highest BCUT2D eigenvalue weighted by Crippen LogP contribution is 2.34. The predicted octanol–water partition coefficient (Wildman–Crippen LogP) is 2.78. The Morgan fingerprint density at radius 1 is 0.762 bits per heavy atom. The highest BCUT2D eigenvalue weighted by molar-refractivity contribution is 8.07. The van der Waals surface area contributed by atoms with Gasteiger partial charge in [0.25, 0.3) is 0 Å². The molecule has 0 spiro atoms. The fourth-order valence-electron chi connectivity index (χ4n) is 2.14. The van der Waals surface area contributed by atoms with Gasteiger partial charge >= 0.3 is 0 Å². The van der Waals surface area contributed by atoms with Crippen LogP contribution in [-0.2, 0) is 14.2 Å². The summed E-state index contributed by atoms with van der Waals surface area (Å²) in [5.41, 5.74) is 0.0403. The maximum absolute atomic E-state index is 5.97. The lowest BCUT2D eigenvalue weighted by atomic mass is 9.88. The number of hydrogen-bond acceptors (Lipinski definition) is 6. The van der Waals surface area contributed by atoms with Gasteiger partial charge in [0.1, 0.15) is 0 Å². The monoisotopic (exact) mass is 350 g/mol. The minimum absolute atomic E-state index is 0.0403. The summed E-state index contributed by atoms with van der Waals surface area (Å²) >= 11 is 5.98. The Morgan fingerprint density at radius 2 is 1.10 bits per heavy atom. The fourth-order valence-corrected chi connectivity index (χ4v) is 3.42. The Hall–Kier alpha value is 0.930. The summed E-state index contributed by atoms with van der Waals surface area (Å²) in [5.74, 6) is 3.80. The number of ether oxygens (including phenoxy) is 3. The molecule has 0 bridgehead atoms. The molecule has 3 aliphatic heterocycles. The van der Waals surface area contributed by atoms with Crippen LogP contribution in [-0.4, -0.2) is 72.6 Å². The van der Waals surface area contributed by atoms with Gasteiger partial charge in [0, 0.05) is 38.4 Å². The van der Waals surface area contributed by atoms with E-state index in [0.717, 1.165) is 61.8 Å². The van der Waals surface area contributed by atoms with Crippen LogP contribution in [0.4, 0.5) is 0 Å². The second-order valence-electron chi connectivity index (χ2n) is 6.26. The van der Waals surface area contributed by atoms with Crippen molar-refractivity contribution in [1.82, 2.24) is 0 Å². The van der Waals surface area contributed by atoms with Gasteiger partial charge in [-0.25, -0.2) is 0 Å². The molecule has 0 aliphatic carbocycles. The fraction of sp³-hybridized carbons (Fsp3) is 1.00. The van der Waals surface area contributed by atoms with Crippen LogP contribution < -0.4 is 0 Å². The normalized spacial score (nSPS) is 32.7. The van der Waals surface area contributed by atoms with Crippen LogP contribution >= 0.6 is 35.3 Å². The third kappa shape index (κ3) is 6.51. The molecule has 0 aromatic heterocycles. The average molecular weight is 351 g/mol. The molecule has 3 nitrogen and oxygen atoms in total. The molecule has 3 fully saturated rings. The lowest BCUT2D eigenvalue weighted by molar-refractivity contribution is -0.0682. The standard InChI is InChI=1S/C15H26O3S3/c1-2-15(9-16-3-12-6-19-12,10-17-4-13-7-20-13)11-18-5-14-8-21-14/h12-14H,2-11H2,1H3. The van der Waals surface area contributed by atoms with Crippen molar-refractivity contribution in [3.8, 4) is 0 Å². The van der Waals surface area contributed by atoms with Crippen LogP contribution in [0.25, 0.3) is 0 Å². The van der Waals surface area contributed by atoms with Crippen molar-refractivity contribution in [3.05, 3.63) is 0 Å². The van der Waals surface area contributed by atoms with Crippen LogP contribution in [0.15, 0.2) is 0 Å². The van der Waals surface area contributed by atoms with E-state index >= 15 is 0 Å². The summed E-state index contributed by atoms with van der Waals surface area (Å²) in [7, 11) is 0. The summed E-state index contributed by atoms with van der Waals surface area (Å²) in [4.78, 5) is 0. The lowest BCUT2D eigenvalue weighted by Gasteiger charge is -2.32. The van der Waals surface area contributed by atoms with Gasteiger partial charge in [0.05, 0.1) is 39.6 Å². The van der Waals surface area contributed by atoms with E-state index in [4.69, 9.17) is 14.2 Å². The maximum Gasteiger partial charge on any atom is 0.0593 e. The Balaban J connectivity index is 1.41. The van der Waals surface area contributed by atoms with Crippen LogP contribution in [0, 0.1) is 5.41 Å². The van der Waals surface area contributed by atoms with Crippen LogP contribution in [0.2, 0.25) is 0 Å². The summed E-state index contributed by atoms with van der Waals surface area (Å²) in [6, 6.07) is 0. The third-order valence-corrected chi connectivity index (χ3v) is 6.92. The first-order chi connectivity index (χ1) is 10.3. The molecule has 6 heteroatoms. The molecule has 0 radical (unpaired) electrons. The first-order valence-corrected chi connectivity index (χ1v) is 11.0. The van der Waals surface area contributed by atoms with E-state index in [0.29, 0.717) is 0 Å². The van der Waals surface area contributed by atoms with Crippen molar-refractivity contribution in [1.29, 1.82) is 0 Å². The maximum atomic E-state index is 5.97. The largest absolute Gasteiger partial charge is 0.380 e. The van der Waals surface area contributed by atoms with Gasteiger partial charge < -0.3 is 14.2 Å². The van der Waals surface area contributed by atoms with E-state index in [1.54, 1.807) is 0 Å². The van der Waals surface area contributed by atoms with Crippen molar-refractivity contribution in [3.63, 3.8) is 0 Å². The molecule has 3 atom stereocenters. The van der Waals surface area contributed by atoms with Gasteiger partial charge in [-0.1, -0.05) is 6.92 Å². The zero-order valence-corrected chi connectivity index (χ0v) is 15.2. The van der Waals surface area contributed by atoms with Gasteiger partial charge in [-0.3, -0.25) is 0 Å². The Labute approximate surface area is 141 Å². The first kappa shape index (κ1) is 16.8. The van der Waals surface area contributed by atoms with Gasteiger partial charge in [-0.05, 0) is 6.42 Å². The topological polar surface area (TPSA) is 27.7 Å². The van der Waals surface area contributed by atoms with Crippen molar-refractivity contribution >= 4 is 35.3 Å². The molecular formula is C15H26O3S3. The van der Waals surface area contributed by atoms with Crippen LogP contribution in [0.3, 0.4) is 0 Å². The van der Waals surface area contributed by atoms with Crippen LogP contribution in [0.5, 0.6) is 0 Å². The number of hydrogen-bond donors (Lipinski definition) is 0. The molecule has 0 aromatic carbocycles. The molecule has 0 aromatic rings. The first-order valence-electron chi connectivity index (χ1n) is 7.88. The van der Waals surface area contributed by atoms with Crippen molar-refractivity contribution < 1.29 is 14.2 Å². The van der Waals surface area contributed by atoms with E-state index in [9.17, 15) is 0 Å². The van der Waals surface area contributed by atoms with Gasteiger partial charge in [0.2, 0.25) is 0 Å². The summed E-state index contributed by atoms with van der Waals surface area (Å²) in [6.45, 7) is 7.23. The molecule has 3 rings (SSSR count). The quantitative estimate of drug-likeness (QED) is 0.474. The lowest BCUT2D eigenvalue weighted by Crippen LogP contribution is -2.38. The molecule has 3 aliphatic rings. The van der Waals surface area contributed by atoms with Crippen molar-refractivity contribution in [2.24, 2.45) is 5.41 Å². The molecule has 3 unspecified atom stereocenters. The van der Waals surface area contributed by atoms with Crippen molar-refractivity contribution in [2.75, 3.05) is 56.9 Å². The second-order valence-corrected chi connectivity index (χ2v) is 10.3. The summed E-state index contributed by atoms with van der Waals surface area (Å²) < 4.78 is 17.9. The number of thioether (sulfide) groups is 3. The van der Waals surface area contributed by atoms with Gasteiger partial charge in [-0.2, -0.15) is 35.3 Å². The van der Waals surface area contributed by atoms with Gasteiger partial charge in [0.15, 0.2) is 0 Å². The molecule has 0 amide bonds. The highest BCUT2D eigenvalue weighted by Gasteiger charge is 2.33. The van der Waals surface area contributed by atoms with E-state index in [2.05, 4.69) is 6.92 Å². The molecule has 122 valence electrons. The van der Waals surface area contributed by atoms with Crippen molar-refractivity contribution in [2.45, 2.75) is 29.1 Å². The molecular weight excluding hydrogens is 324 g/mol. The molecule has 0 saturated carbocycles. The molecule has 21 heavy (non-hydrogen) atoms. The number of rotatable bonds is 13. The Morgan fingerprint density at radius 3 is 1.33 bits per heavy atom. The van der Waals surface area contributed by atoms with Gasteiger partial charge in [-0.15, -0.1) is 0 Å². The van der Waals surface area contributed by atoms with E-state index in [-0.39, 0.29) is 5.41 Å². The zero-order chi connectivity index (χ0) is 14.5. The minimum Gasteiger partial charge on any atom is -0.380 e. The average Bonchev–Trinajstić information content (AvgIpc) is 3.34. The minimum atomic E-state index is 0.0403.